The first kappa shape index (κ1) is 11.0. The molecule has 1 amide bonds. The van der Waals surface area contributed by atoms with E-state index in [1.54, 1.807) is 19.4 Å². The van der Waals surface area contributed by atoms with Gasteiger partial charge in [-0.05, 0) is 18.6 Å². The Balaban J connectivity index is 1.90. The van der Waals surface area contributed by atoms with E-state index >= 15 is 0 Å². The number of ether oxygens (including phenoxy) is 1. The van der Waals surface area contributed by atoms with Gasteiger partial charge in [0.15, 0.2) is 0 Å². The second-order valence-corrected chi connectivity index (χ2v) is 3.76. The number of hydrogen-bond donors (Lipinski definition) is 2. The van der Waals surface area contributed by atoms with Gasteiger partial charge in [-0.15, -0.1) is 0 Å². The fourth-order valence-corrected chi connectivity index (χ4v) is 1.73. The molecule has 1 fully saturated rings. The number of pyridine rings is 1. The van der Waals surface area contributed by atoms with Crippen molar-refractivity contribution in [3.8, 4) is 0 Å². The van der Waals surface area contributed by atoms with Crippen molar-refractivity contribution in [2.45, 2.75) is 18.6 Å². The van der Waals surface area contributed by atoms with Gasteiger partial charge in [0, 0.05) is 19.9 Å². The minimum atomic E-state index is -0.188. The maximum atomic E-state index is 11.8. The van der Waals surface area contributed by atoms with Gasteiger partial charge in [-0.1, -0.05) is 6.07 Å². The van der Waals surface area contributed by atoms with Gasteiger partial charge in [0.25, 0.3) is 0 Å². The van der Waals surface area contributed by atoms with Crippen molar-refractivity contribution in [1.82, 2.24) is 10.3 Å². The summed E-state index contributed by atoms with van der Waals surface area (Å²) in [6.07, 6.45) is 2.48. The Bertz CT molecular complexity index is 356. The van der Waals surface area contributed by atoms with E-state index in [1.807, 2.05) is 12.1 Å². The Morgan fingerprint density at radius 2 is 2.50 bits per heavy atom. The van der Waals surface area contributed by atoms with Crippen molar-refractivity contribution in [3.63, 3.8) is 0 Å². The van der Waals surface area contributed by atoms with Crippen LogP contribution in [-0.2, 0) is 9.53 Å². The molecule has 1 aliphatic heterocycles. The fraction of sp³-hybridized carbons (Fsp3) is 0.455. The SMILES string of the molecule is CO[C@@H]1CN[C@H](C(=O)Nc2ccccn2)C1. The van der Waals surface area contributed by atoms with Crippen LogP contribution < -0.4 is 10.6 Å². The zero-order chi connectivity index (χ0) is 11.4. The van der Waals surface area contributed by atoms with E-state index in [0.717, 1.165) is 6.54 Å². The molecule has 5 heteroatoms. The highest BCUT2D eigenvalue weighted by Crippen LogP contribution is 2.11. The first-order valence-corrected chi connectivity index (χ1v) is 5.27. The third kappa shape index (κ3) is 2.56. The molecule has 5 nitrogen and oxygen atoms in total. The van der Waals surface area contributed by atoms with E-state index in [9.17, 15) is 4.79 Å². The third-order valence-corrected chi connectivity index (χ3v) is 2.66. The van der Waals surface area contributed by atoms with Crippen LogP contribution in [0.1, 0.15) is 6.42 Å². The van der Waals surface area contributed by atoms with Gasteiger partial charge in [-0.25, -0.2) is 4.98 Å². The standard InChI is InChI=1S/C11H15N3O2/c1-16-8-6-9(13-7-8)11(15)14-10-4-2-3-5-12-10/h2-5,8-9,13H,6-7H2,1H3,(H,12,14,15)/t8-,9-/m0/s1. The molecule has 1 aromatic rings. The number of carbonyl (C=O) groups excluding carboxylic acids is 1. The van der Waals surface area contributed by atoms with Gasteiger partial charge in [-0.3, -0.25) is 4.79 Å². The zero-order valence-corrected chi connectivity index (χ0v) is 9.14. The highest BCUT2D eigenvalue weighted by molar-refractivity contribution is 5.94. The summed E-state index contributed by atoms with van der Waals surface area (Å²) in [5, 5.41) is 5.87. The summed E-state index contributed by atoms with van der Waals surface area (Å²) in [7, 11) is 1.66. The molecule has 2 atom stereocenters. The number of rotatable bonds is 3. The van der Waals surface area contributed by atoms with Gasteiger partial charge in [0.05, 0.1) is 12.1 Å². The quantitative estimate of drug-likeness (QED) is 0.775. The molecule has 2 rings (SSSR count). The Hall–Kier alpha value is -1.46. The predicted molar refractivity (Wildman–Crippen MR) is 60.1 cm³/mol. The Morgan fingerprint density at radius 3 is 3.12 bits per heavy atom. The minimum Gasteiger partial charge on any atom is -0.380 e. The number of nitrogens with one attached hydrogen (secondary N) is 2. The minimum absolute atomic E-state index is 0.0572. The van der Waals surface area contributed by atoms with Crippen molar-refractivity contribution in [2.24, 2.45) is 0 Å². The normalized spacial score (nSPS) is 24.3. The number of amides is 1. The molecule has 0 saturated carbocycles. The van der Waals surface area contributed by atoms with Gasteiger partial charge in [0.2, 0.25) is 5.91 Å². The molecule has 0 aromatic carbocycles. The highest BCUT2D eigenvalue weighted by Gasteiger charge is 2.29. The average Bonchev–Trinajstić information content (AvgIpc) is 2.79. The van der Waals surface area contributed by atoms with E-state index in [2.05, 4.69) is 15.6 Å². The average molecular weight is 221 g/mol. The van der Waals surface area contributed by atoms with Crippen molar-refractivity contribution >= 4 is 11.7 Å². The summed E-state index contributed by atoms with van der Waals surface area (Å²) in [4.78, 5) is 15.8. The summed E-state index contributed by atoms with van der Waals surface area (Å²) >= 11 is 0. The van der Waals surface area contributed by atoms with Gasteiger partial charge < -0.3 is 15.4 Å². The van der Waals surface area contributed by atoms with Gasteiger partial charge >= 0.3 is 0 Å². The molecule has 86 valence electrons. The molecule has 0 bridgehead atoms. The molecule has 16 heavy (non-hydrogen) atoms. The van der Waals surface area contributed by atoms with Crippen LogP contribution in [-0.4, -0.2) is 36.7 Å². The maximum Gasteiger partial charge on any atom is 0.242 e. The lowest BCUT2D eigenvalue weighted by atomic mass is 10.2. The molecule has 1 aliphatic rings. The summed E-state index contributed by atoms with van der Waals surface area (Å²) in [6.45, 7) is 0.719. The van der Waals surface area contributed by atoms with Crippen LogP contribution in [0, 0.1) is 0 Å². The first-order chi connectivity index (χ1) is 7.79. The second-order valence-electron chi connectivity index (χ2n) is 3.76. The Morgan fingerprint density at radius 1 is 1.62 bits per heavy atom. The molecule has 0 radical (unpaired) electrons. The number of anilines is 1. The summed E-state index contributed by atoms with van der Waals surface area (Å²) < 4.78 is 5.18. The van der Waals surface area contributed by atoms with E-state index in [1.165, 1.54) is 0 Å². The van der Waals surface area contributed by atoms with Crippen molar-refractivity contribution < 1.29 is 9.53 Å². The summed E-state index contributed by atoms with van der Waals surface area (Å²) in [5.41, 5.74) is 0. The molecule has 0 unspecified atom stereocenters. The van der Waals surface area contributed by atoms with Crippen molar-refractivity contribution in [1.29, 1.82) is 0 Å². The van der Waals surface area contributed by atoms with Crippen molar-refractivity contribution in [3.05, 3.63) is 24.4 Å². The van der Waals surface area contributed by atoms with E-state index in [4.69, 9.17) is 4.74 Å². The largest absolute Gasteiger partial charge is 0.380 e. The smallest absolute Gasteiger partial charge is 0.242 e. The number of aromatic nitrogens is 1. The predicted octanol–water partition coefficient (Wildman–Crippen LogP) is 0.397. The number of hydrogen-bond acceptors (Lipinski definition) is 4. The molecular weight excluding hydrogens is 206 g/mol. The molecule has 1 aromatic heterocycles. The lowest BCUT2D eigenvalue weighted by molar-refractivity contribution is -0.118. The Kier molecular flexibility index (Phi) is 3.48. The number of carbonyl (C=O) groups is 1. The summed E-state index contributed by atoms with van der Waals surface area (Å²) in [6, 6.07) is 5.22. The van der Waals surface area contributed by atoms with E-state index < -0.39 is 0 Å². The van der Waals surface area contributed by atoms with Crippen LogP contribution in [0.3, 0.4) is 0 Å². The van der Waals surface area contributed by atoms with Crippen molar-refractivity contribution in [2.75, 3.05) is 19.0 Å². The Labute approximate surface area is 94.2 Å². The molecule has 0 aliphatic carbocycles. The molecule has 2 N–H and O–H groups in total. The third-order valence-electron chi connectivity index (χ3n) is 2.66. The van der Waals surface area contributed by atoms with Crippen LogP contribution in [0.5, 0.6) is 0 Å². The van der Waals surface area contributed by atoms with E-state index in [-0.39, 0.29) is 18.1 Å². The number of nitrogens with zero attached hydrogens (tertiary/aromatic N) is 1. The summed E-state index contributed by atoms with van der Waals surface area (Å²) in [5.74, 6) is 0.522. The number of methoxy groups -OCH3 is 1. The monoisotopic (exact) mass is 221 g/mol. The van der Waals surface area contributed by atoms with E-state index in [0.29, 0.717) is 12.2 Å². The van der Waals surface area contributed by atoms with Gasteiger partial charge in [0.1, 0.15) is 5.82 Å². The topological polar surface area (TPSA) is 63.2 Å². The van der Waals surface area contributed by atoms with Crippen LogP contribution >= 0.6 is 0 Å². The molecule has 2 heterocycles. The lowest BCUT2D eigenvalue weighted by Crippen LogP contribution is -2.35. The first-order valence-electron chi connectivity index (χ1n) is 5.27. The van der Waals surface area contributed by atoms with Crippen LogP contribution in [0.15, 0.2) is 24.4 Å². The fourth-order valence-electron chi connectivity index (χ4n) is 1.73. The van der Waals surface area contributed by atoms with Crippen LogP contribution in [0.4, 0.5) is 5.82 Å². The molecular formula is C11H15N3O2. The zero-order valence-electron chi connectivity index (χ0n) is 9.14. The molecule has 0 spiro atoms. The lowest BCUT2D eigenvalue weighted by Gasteiger charge is -2.10. The second kappa shape index (κ2) is 5.05. The van der Waals surface area contributed by atoms with Gasteiger partial charge in [-0.2, -0.15) is 0 Å². The maximum absolute atomic E-state index is 11.8. The highest BCUT2D eigenvalue weighted by atomic mass is 16.5. The van der Waals surface area contributed by atoms with Crippen LogP contribution in [0.25, 0.3) is 0 Å². The molecule has 1 saturated heterocycles. The van der Waals surface area contributed by atoms with Crippen LogP contribution in [0.2, 0.25) is 0 Å².